The molecule has 0 aliphatic rings. The van der Waals surface area contributed by atoms with Crippen LogP contribution in [0.15, 0.2) is 30.3 Å². The highest BCUT2D eigenvalue weighted by Gasteiger charge is 2.10. The van der Waals surface area contributed by atoms with Crippen molar-refractivity contribution in [1.29, 1.82) is 0 Å². The number of rotatable bonds is 4. The van der Waals surface area contributed by atoms with E-state index in [0.717, 1.165) is 28.9 Å². The van der Waals surface area contributed by atoms with E-state index in [0.29, 0.717) is 5.92 Å². The minimum Gasteiger partial charge on any atom is -0.207 e. The molecule has 0 aliphatic heterocycles. The van der Waals surface area contributed by atoms with Gasteiger partial charge in [-0.15, -0.1) is 0 Å². The van der Waals surface area contributed by atoms with E-state index < -0.39 is 0 Å². The van der Waals surface area contributed by atoms with Crippen molar-refractivity contribution in [3.63, 3.8) is 0 Å². The molecule has 1 heterocycles. The maximum absolute atomic E-state index is 13.4. The highest BCUT2D eigenvalue weighted by Crippen LogP contribution is 2.22. The first-order chi connectivity index (χ1) is 9.45. The van der Waals surface area contributed by atoms with Crippen LogP contribution >= 0.6 is 0 Å². The molecular weight excluding hydrogens is 251 g/mol. The third-order valence-corrected chi connectivity index (χ3v) is 3.48. The summed E-state index contributed by atoms with van der Waals surface area (Å²) in [5, 5.41) is 8.50. The van der Waals surface area contributed by atoms with Crippen LogP contribution in [0.4, 0.5) is 4.39 Å². The molecule has 0 unspecified atom stereocenters. The van der Waals surface area contributed by atoms with E-state index >= 15 is 0 Å². The van der Waals surface area contributed by atoms with Crippen molar-refractivity contribution in [2.75, 3.05) is 0 Å². The van der Waals surface area contributed by atoms with Crippen molar-refractivity contribution in [2.24, 2.45) is 0 Å². The predicted octanol–water partition coefficient (Wildman–Crippen LogP) is 4.39. The number of nitrogens with zero attached hydrogens (tertiary/aromatic N) is 2. The van der Waals surface area contributed by atoms with Crippen LogP contribution in [0.5, 0.6) is 0 Å². The molecule has 3 heteroatoms. The Labute approximate surface area is 120 Å². The fourth-order valence-electron chi connectivity index (χ4n) is 2.27. The Hall–Kier alpha value is -1.77. The third-order valence-electron chi connectivity index (χ3n) is 3.48. The van der Waals surface area contributed by atoms with Crippen LogP contribution in [-0.4, -0.2) is 10.2 Å². The molecule has 0 spiro atoms. The Bertz CT molecular complexity index is 556. The van der Waals surface area contributed by atoms with Gasteiger partial charge in [0.1, 0.15) is 5.82 Å². The molecule has 106 valence electrons. The predicted molar refractivity (Wildman–Crippen MR) is 79.4 cm³/mol. The van der Waals surface area contributed by atoms with Crippen LogP contribution in [0.2, 0.25) is 0 Å². The van der Waals surface area contributed by atoms with Crippen molar-refractivity contribution in [2.45, 2.75) is 46.0 Å². The number of aromatic nitrogens is 2. The van der Waals surface area contributed by atoms with Gasteiger partial charge in [-0.25, -0.2) is 4.39 Å². The highest BCUT2D eigenvalue weighted by molar-refractivity contribution is 5.27. The monoisotopic (exact) mass is 272 g/mol. The second-order valence-electron chi connectivity index (χ2n) is 5.77. The molecule has 0 radical (unpaired) electrons. The molecule has 2 nitrogen and oxygen atoms in total. The van der Waals surface area contributed by atoms with Crippen molar-refractivity contribution in [3.8, 4) is 0 Å². The molecule has 0 bridgehead atoms. The molecule has 0 amide bonds. The Kier molecular flexibility index (Phi) is 4.48. The van der Waals surface area contributed by atoms with Gasteiger partial charge in [0.15, 0.2) is 0 Å². The van der Waals surface area contributed by atoms with Gasteiger partial charge < -0.3 is 0 Å². The van der Waals surface area contributed by atoms with Crippen molar-refractivity contribution < 1.29 is 4.39 Å². The summed E-state index contributed by atoms with van der Waals surface area (Å²) >= 11 is 0. The van der Waals surface area contributed by atoms with Crippen LogP contribution in [0.25, 0.3) is 0 Å². The smallest absolute Gasteiger partial charge is 0.123 e. The van der Waals surface area contributed by atoms with E-state index in [4.69, 9.17) is 0 Å². The zero-order valence-corrected chi connectivity index (χ0v) is 12.5. The number of hydrogen-bond donors (Lipinski definition) is 0. The molecule has 1 aromatic carbocycles. The number of aryl methyl sites for hydroxylation is 1. The maximum atomic E-state index is 13.4. The van der Waals surface area contributed by atoms with Gasteiger partial charge in [0.25, 0.3) is 0 Å². The molecule has 2 rings (SSSR count). The number of hydrogen-bond acceptors (Lipinski definition) is 2. The Morgan fingerprint density at radius 2 is 1.80 bits per heavy atom. The molecule has 0 fully saturated rings. The van der Waals surface area contributed by atoms with Gasteiger partial charge in [-0.1, -0.05) is 26.8 Å². The summed E-state index contributed by atoms with van der Waals surface area (Å²) in [5.74, 6) is 0.441. The summed E-state index contributed by atoms with van der Waals surface area (Å²) in [6, 6.07) is 9.23. The van der Waals surface area contributed by atoms with E-state index in [2.05, 4.69) is 31.0 Å². The van der Waals surface area contributed by atoms with E-state index in [1.807, 2.05) is 25.1 Å². The quantitative estimate of drug-likeness (QED) is 0.824. The summed E-state index contributed by atoms with van der Waals surface area (Å²) in [4.78, 5) is 0. The normalized spacial score (nSPS) is 12.7. The zero-order valence-electron chi connectivity index (χ0n) is 12.5. The molecule has 1 aromatic heterocycles. The molecule has 2 aromatic rings. The van der Waals surface area contributed by atoms with Crippen LogP contribution in [0, 0.1) is 12.7 Å². The summed E-state index contributed by atoms with van der Waals surface area (Å²) in [5.41, 5.74) is 3.91. The van der Waals surface area contributed by atoms with Crippen molar-refractivity contribution in [3.05, 3.63) is 58.7 Å². The maximum Gasteiger partial charge on any atom is 0.123 e. The van der Waals surface area contributed by atoms with Crippen LogP contribution in [0.3, 0.4) is 0 Å². The van der Waals surface area contributed by atoms with E-state index in [9.17, 15) is 4.39 Å². The SMILES string of the molecule is Cc1cc(F)cc([C@H](C)Cc2ccc(C(C)C)nn2)c1. The summed E-state index contributed by atoms with van der Waals surface area (Å²) in [6.07, 6.45) is 0.772. The van der Waals surface area contributed by atoms with Gasteiger partial charge in [-0.3, -0.25) is 0 Å². The molecule has 1 atom stereocenters. The largest absolute Gasteiger partial charge is 0.207 e. The topological polar surface area (TPSA) is 25.8 Å². The minimum absolute atomic E-state index is 0.173. The Balaban J connectivity index is 2.12. The van der Waals surface area contributed by atoms with Crippen LogP contribution in [-0.2, 0) is 6.42 Å². The van der Waals surface area contributed by atoms with Gasteiger partial charge in [-0.05, 0) is 60.6 Å². The lowest BCUT2D eigenvalue weighted by atomic mass is 9.94. The lowest BCUT2D eigenvalue weighted by Crippen LogP contribution is -2.04. The minimum atomic E-state index is -0.173. The molecule has 0 aliphatic carbocycles. The fourth-order valence-corrected chi connectivity index (χ4v) is 2.27. The first-order valence-electron chi connectivity index (χ1n) is 7.05. The second-order valence-corrected chi connectivity index (χ2v) is 5.77. The first-order valence-corrected chi connectivity index (χ1v) is 7.05. The standard InChI is InChI=1S/C17H21FN2/c1-11(2)17-6-5-16(19-20-17)9-13(4)14-7-12(3)8-15(18)10-14/h5-8,10-11,13H,9H2,1-4H3/t13-/m1/s1. The van der Waals surface area contributed by atoms with Gasteiger partial charge in [-0.2, -0.15) is 10.2 Å². The van der Waals surface area contributed by atoms with Crippen molar-refractivity contribution in [1.82, 2.24) is 10.2 Å². The van der Waals surface area contributed by atoms with Crippen molar-refractivity contribution >= 4 is 0 Å². The lowest BCUT2D eigenvalue weighted by molar-refractivity contribution is 0.618. The summed E-state index contributed by atoms with van der Waals surface area (Å²) in [6.45, 7) is 8.20. The van der Waals surface area contributed by atoms with Gasteiger partial charge in [0, 0.05) is 0 Å². The fraction of sp³-hybridized carbons (Fsp3) is 0.412. The number of halogens is 1. The molecule has 20 heavy (non-hydrogen) atoms. The second kappa shape index (κ2) is 6.12. The van der Waals surface area contributed by atoms with Gasteiger partial charge >= 0.3 is 0 Å². The third kappa shape index (κ3) is 3.62. The van der Waals surface area contributed by atoms with Gasteiger partial charge in [0.05, 0.1) is 11.4 Å². The van der Waals surface area contributed by atoms with Crippen LogP contribution in [0.1, 0.15) is 55.1 Å². The average molecular weight is 272 g/mol. The molecule has 0 saturated carbocycles. The molecular formula is C17H21FN2. The first kappa shape index (κ1) is 14.6. The average Bonchev–Trinajstić information content (AvgIpc) is 2.38. The lowest BCUT2D eigenvalue weighted by Gasteiger charge is -2.13. The molecule has 0 saturated heterocycles. The summed E-state index contributed by atoms with van der Waals surface area (Å²) < 4.78 is 13.4. The Morgan fingerprint density at radius 1 is 1.05 bits per heavy atom. The van der Waals surface area contributed by atoms with Gasteiger partial charge in [0.2, 0.25) is 0 Å². The highest BCUT2D eigenvalue weighted by atomic mass is 19.1. The van der Waals surface area contributed by atoms with E-state index in [1.165, 1.54) is 0 Å². The number of benzene rings is 1. The Morgan fingerprint density at radius 3 is 2.35 bits per heavy atom. The molecule has 0 N–H and O–H groups in total. The summed E-state index contributed by atoms with van der Waals surface area (Å²) in [7, 11) is 0. The zero-order chi connectivity index (χ0) is 14.7. The van der Waals surface area contributed by atoms with Crippen LogP contribution < -0.4 is 0 Å². The van der Waals surface area contributed by atoms with E-state index in [-0.39, 0.29) is 11.7 Å². The van der Waals surface area contributed by atoms with E-state index in [1.54, 1.807) is 12.1 Å².